The zero-order valence-corrected chi connectivity index (χ0v) is 20.5. The van der Waals surface area contributed by atoms with Gasteiger partial charge in [0.2, 0.25) is 8.32 Å². The van der Waals surface area contributed by atoms with E-state index in [-0.39, 0.29) is 28.8 Å². The van der Waals surface area contributed by atoms with Crippen molar-refractivity contribution in [3.05, 3.63) is 11.3 Å². The molecule has 0 bridgehead atoms. The molecule has 1 aliphatic heterocycles. The summed E-state index contributed by atoms with van der Waals surface area (Å²) in [4.78, 5) is 26.1. The molecule has 162 valence electrons. The second-order valence-corrected chi connectivity index (χ2v) is 16.8. The van der Waals surface area contributed by atoms with Gasteiger partial charge in [0.05, 0.1) is 11.9 Å². The lowest BCUT2D eigenvalue weighted by molar-refractivity contribution is -0.156. The van der Waals surface area contributed by atoms with Gasteiger partial charge in [-0.3, -0.25) is 4.79 Å². The minimum Gasteiger partial charge on any atom is -0.547 e. The van der Waals surface area contributed by atoms with Crippen LogP contribution in [0.5, 0.6) is 0 Å². The van der Waals surface area contributed by atoms with Crippen LogP contribution in [0.15, 0.2) is 11.3 Å². The Morgan fingerprint density at radius 1 is 1.21 bits per heavy atom. The summed E-state index contributed by atoms with van der Waals surface area (Å²) in [6.45, 7) is 17.6. The summed E-state index contributed by atoms with van der Waals surface area (Å²) in [5.74, 6) is 1.61. The van der Waals surface area contributed by atoms with Gasteiger partial charge in [0.1, 0.15) is 6.29 Å². The molecule has 0 N–H and O–H groups in total. The third-order valence-corrected chi connectivity index (χ3v) is 13.9. The van der Waals surface area contributed by atoms with Crippen molar-refractivity contribution in [3.63, 3.8) is 0 Å². The molecule has 3 fully saturated rings. The summed E-state index contributed by atoms with van der Waals surface area (Å²) in [5, 5.41) is 0.147. The smallest absolute Gasteiger partial charge is 0.250 e. The number of ether oxygens (including phenoxy) is 1. The third kappa shape index (κ3) is 2.72. The van der Waals surface area contributed by atoms with Gasteiger partial charge >= 0.3 is 0 Å². The summed E-state index contributed by atoms with van der Waals surface area (Å²) in [6, 6.07) is 0. The molecule has 4 aliphatic rings. The molecule has 5 heteroatoms. The number of carbonyl (C=O) groups is 2. The van der Waals surface area contributed by atoms with Crippen molar-refractivity contribution in [2.24, 2.45) is 22.7 Å². The second kappa shape index (κ2) is 6.06. The minimum atomic E-state index is -1.92. The van der Waals surface area contributed by atoms with Crippen LogP contribution >= 0.6 is 0 Å². The molecule has 0 aromatic heterocycles. The topological polar surface area (TPSA) is 55.9 Å². The Morgan fingerprint density at radius 2 is 1.86 bits per heavy atom. The lowest BCUT2D eigenvalue weighted by Crippen LogP contribution is -2.60. The Hall–Kier alpha value is -0.943. The molecule has 6 atom stereocenters. The van der Waals surface area contributed by atoms with Gasteiger partial charge in [0.25, 0.3) is 0 Å². The van der Waals surface area contributed by atoms with Gasteiger partial charge in [-0.05, 0) is 75.1 Å². The Balaban J connectivity index is 1.70. The number of fused-ring (bicyclic) bond motifs is 4. The first kappa shape index (κ1) is 21.3. The van der Waals surface area contributed by atoms with E-state index in [1.807, 2.05) is 6.92 Å². The Bertz CT molecular complexity index is 793. The first-order valence-corrected chi connectivity index (χ1v) is 14.2. The SMILES string of the molecule is CC1=C(O[Si](C)(C)C(C)(C)C)CC[C@@]2(C=O)[C@@H]1CC[C@@]1(C)C(=O)[C@@]3(C)O[C@H]3C[C@H]21. The quantitative estimate of drug-likeness (QED) is 0.349. The van der Waals surface area contributed by atoms with E-state index in [9.17, 15) is 9.59 Å². The molecular weight excluding hydrogens is 380 g/mol. The number of ketones is 1. The molecular formula is C24H38O4Si. The largest absolute Gasteiger partial charge is 0.547 e. The number of rotatable bonds is 3. The van der Waals surface area contributed by atoms with E-state index in [1.54, 1.807) is 0 Å². The fraction of sp³-hybridized carbons (Fsp3) is 0.833. The fourth-order valence-corrected chi connectivity index (χ4v) is 7.68. The van der Waals surface area contributed by atoms with E-state index in [0.29, 0.717) is 0 Å². The van der Waals surface area contributed by atoms with Crippen LogP contribution in [0.3, 0.4) is 0 Å². The van der Waals surface area contributed by atoms with Crippen LogP contribution in [0, 0.1) is 22.7 Å². The zero-order valence-electron chi connectivity index (χ0n) is 19.5. The summed E-state index contributed by atoms with van der Waals surface area (Å²) in [7, 11) is -1.92. The van der Waals surface area contributed by atoms with Crippen LogP contribution < -0.4 is 0 Å². The highest BCUT2D eigenvalue weighted by atomic mass is 28.4. The highest BCUT2D eigenvalue weighted by Crippen LogP contribution is 2.67. The van der Waals surface area contributed by atoms with E-state index in [1.165, 1.54) is 11.9 Å². The first-order valence-electron chi connectivity index (χ1n) is 11.3. The molecule has 0 unspecified atom stereocenters. The van der Waals surface area contributed by atoms with Gasteiger partial charge in [-0.1, -0.05) is 27.7 Å². The second-order valence-electron chi connectivity index (χ2n) is 12.0. The van der Waals surface area contributed by atoms with Gasteiger partial charge in [0, 0.05) is 17.3 Å². The van der Waals surface area contributed by atoms with Crippen molar-refractivity contribution >= 4 is 20.4 Å². The number of hydrogen-bond acceptors (Lipinski definition) is 4. The van der Waals surface area contributed by atoms with Crippen molar-refractivity contribution in [1.82, 2.24) is 0 Å². The van der Waals surface area contributed by atoms with Gasteiger partial charge in [-0.15, -0.1) is 0 Å². The van der Waals surface area contributed by atoms with E-state index in [4.69, 9.17) is 9.16 Å². The van der Waals surface area contributed by atoms with Crippen molar-refractivity contribution in [2.75, 3.05) is 0 Å². The van der Waals surface area contributed by atoms with Gasteiger partial charge in [0.15, 0.2) is 11.4 Å². The molecule has 1 heterocycles. The number of epoxide rings is 1. The van der Waals surface area contributed by atoms with Crippen molar-refractivity contribution in [3.8, 4) is 0 Å². The summed E-state index contributed by atoms with van der Waals surface area (Å²) < 4.78 is 12.6. The maximum atomic E-state index is 13.3. The van der Waals surface area contributed by atoms with Crippen molar-refractivity contribution < 1.29 is 18.8 Å². The number of carbonyl (C=O) groups excluding carboxylic acids is 2. The lowest BCUT2D eigenvalue weighted by Gasteiger charge is -2.58. The molecule has 29 heavy (non-hydrogen) atoms. The average molecular weight is 419 g/mol. The van der Waals surface area contributed by atoms with E-state index >= 15 is 0 Å². The summed E-state index contributed by atoms with van der Waals surface area (Å²) >= 11 is 0. The standard InChI is InChI=1S/C24H38O4Si/c1-15-16-9-11-22(5)18(13-19-23(6,27-19)20(22)26)24(16,14-25)12-10-17(15)28-29(7,8)21(2,3)4/h14,16,18-19H,9-13H2,1-8H3/t16-,18+,19+,22-,23+,24-/m1/s1. The molecule has 4 rings (SSSR count). The predicted molar refractivity (Wildman–Crippen MR) is 116 cm³/mol. The molecule has 2 saturated carbocycles. The average Bonchev–Trinajstić information content (AvgIpc) is 3.30. The van der Waals surface area contributed by atoms with Gasteiger partial charge in [-0.2, -0.15) is 0 Å². The number of allylic oxidation sites excluding steroid dienone is 2. The highest BCUT2D eigenvalue weighted by Gasteiger charge is 2.73. The monoisotopic (exact) mass is 418 g/mol. The van der Waals surface area contributed by atoms with Gasteiger partial charge < -0.3 is 14.0 Å². The molecule has 0 amide bonds. The van der Waals surface area contributed by atoms with Crippen LogP contribution in [0.2, 0.25) is 18.1 Å². The molecule has 0 spiro atoms. The molecule has 0 radical (unpaired) electrons. The van der Waals surface area contributed by atoms with E-state index < -0.39 is 24.7 Å². The van der Waals surface area contributed by atoms with Crippen molar-refractivity contribution in [1.29, 1.82) is 0 Å². The van der Waals surface area contributed by atoms with Crippen LogP contribution in [0.25, 0.3) is 0 Å². The van der Waals surface area contributed by atoms with E-state index in [0.717, 1.165) is 37.9 Å². The lowest BCUT2D eigenvalue weighted by atomic mass is 9.43. The van der Waals surface area contributed by atoms with Crippen molar-refractivity contribution in [2.45, 2.75) is 103 Å². The number of hydrogen-bond donors (Lipinski definition) is 0. The Labute approximate surface area is 176 Å². The Kier molecular flexibility index (Phi) is 4.45. The van der Waals surface area contributed by atoms with Crippen LogP contribution in [-0.2, 0) is 18.8 Å². The maximum Gasteiger partial charge on any atom is 0.250 e. The molecule has 4 nitrogen and oxygen atoms in total. The normalized spacial score (nSPS) is 44.6. The van der Waals surface area contributed by atoms with Gasteiger partial charge in [-0.25, -0.2) is 0 Å². The molecule has 0 aromatic carbocycles. The third-order valence-electron chi connectivity index (χ3n) is 9.53. The van der Waals surface area contributed by atoms with Crippen LogP contribution in [0.1, 0.15) is 73.6 Å². The minimum absolute atomic E-state index is 0.00202. The number of aldehydes is 1. The van der Waals surface area contributed by atoms with E-state index in [2.05, 4.69) is 47.7 Å². The fourth-order valence-electron chi connectivity index (χ4n) is 6.50. The summed E-state index contributed by atoms with van der Waals surface area (Å²) in [6.07, 6.45) is 5.36. The Morgan fingerprint density at radius 3 is 2.45 bits per heavy atom. The zero-order chi connectivity index (χ0) is 21.6. The number of Topliss-reactive ketones (excluding diaryl/α,β-unsaturated/α-hetero) is 1. The first-order chi connectivity index (χ1) is 13.2. The molecule has 3 aliphatic carbocycles. The predicted octanol–water partition coefficient (Wildman–Crippen LogP) is 5.42. The molecule has 1 saturated heterocycles. The highest BCUT2D eigenvalue weighted by molar-refractivity contribution is 6.74. The maximum absolute atomic E-state index is 13.3. The molecule has 0 aromatic rings. The van der Waals surface area contributed by atoms with Crippen LogP contribution in [-0.4, -0.2) is 32.1 Å². The van der Waals surface area contributed by atoms with Crippen LogP contribution in [0.4, 0.5) is 0 Å². The summed E-state index contributed by atoms with van der Waals surface area (Å²) in [5.41, 5.74) is -0.247.